The molecule has 16 nitrogen and oxygen atoms in total. The van der Waals surface area contributed by atoms with Crippen molar-refractivity contribution in [2.75, 3.05) is 48.5 Å². The molecular weight excluding hydrogens is 757 g/mol. The number of nitrogens with zero attached hydrogens (tertiary/aromatic N) is 3. The number of phenols is 1. The number of hydrogen-bond donors (Lipinski definition) is 4. The largest absolute Gasteiger partial charge is 0.508 e. The maximum absolute atomic E-state index is 14.1. The quantitative estimate of drug-likeness (QED) is 0.132. The van der Waals surface area contributed by atoms with Gasteiger partial charge in [-0.25, -0.2) is 8.42 Å². The molecule has 17 heteroatoms. The maximum Gasteiger partial charge on any atom is 0.256 e. The van der Waals surface area contributed by atoms with Crippen LogP contribution in [0.2, 0.25) is 0 Å². The molecule has 0 bridgehead atoms. The molecule has 1 saturated carbocycles. The van der Waals surface area contributed by atoms with Crippen molar-refractivity contribution < 1.29 is 47.0 Å². The van der Waals surface area contributed by atoms with E-state index in [9.17, 15) is 37.5 Å². The zero-order valence-corrected chi connectivity index (χ0v) is 36.1. The third-order valence-corrected chi connectivity index (χ3v) is 13.2. The number of rotatable bonds is 22. The van der Waals surface area contributed by atoms with E-state index < -0.39 is 69.4 Å². The van der Waals surface area contributed by atoms with E-state index >= 15 is 0 Å². The number of ether oxygens (including phenoxy) is 2. The van der Waals surface area contributed by atoms with Crippen LogP contribution in [0.25, 0.3) is 0 Å². The number of hydrogen-bond acceptors (Lipinski definition) is 11. The first kappa shape index (κ1) is 47.6. The van der Waals surface area contributed by atoms with E-state index in [-0.39, 0.29) is 54.7 Å². The first-order valence-electron chi connectivity index (χ1n) is 20.0. The number of nitrogens with one attached hydrogen (secondary N) is 3. The molecule has 2 aliphatic rings. The number of amides is 5. The zero-order valence-electron chi connectivity index (χ0n) is 35.3. The standard InChI is InChI=1S/C40H66N6O10S/c1-11-25(4)36(45(8)34(49)23-41-40(52)35(24(2)3)44(6)7)32(55-9)22-33(48)46-20-12-13-31(46)37(56-10)26(5)38(50)42-30(21-27-14-16-28(47)17-15-27)39(51)43-57(53,54)29-18-19-29/h14-17,24-26,29-32,35-37,47H,11-13,18-23H2,1-10H3,(H,41,52)(H,42,50)(H,43,51)/t25-,26+,30-,31-,32+,35-,36?,37+/m0/s1. The summed E-state index contributed by atoms with van der Waals surface area (Å²) in [6.45, 7) is 9.71. The number of benzene rings is 1. The Morgan fingerprint density at radius 1 is 0.930 bits per heavy atom. The lowest BCUT2D eigenvalue weighted by atomic mass is 9.90. The summed E-state index contributed by atoms with van der Waals surface area (Å²) >= 11 is 0. The molecule has 5 amide bonds. The highest BCUT2D eigenvalue weighted by Crippen LogP contribution is 2.30. The molecule has 0 aromatic heterocycles. The molecule has 1 aromatic carbocycles. The number of aromatic hydroxyl groups is 1. The highest BCUT2D eigenvalue weighted by Gasteiger charge is 2.43. The summed E-state index contributed by atoms with van der Waals surface area (Å²) in [5, 5.41) is 14.6. The Hall–Kier alpha value is -3.80. The van der Waals surface area contributed by atoms with Crippen molar-refractivity contribution in [2.45, 2.75) is 121 Å². The van der Waals surface area contributed by atoms with E-state index in [0.717, 1.165) is 0 Å². The van der Waals surface area contributed by atoms with Gasteiger partial charge in [-0.2, -0.15) is 0 Å². The van der Waals surface area contributed by atoms with Crippen molar-refractivity contribution in [1.29, 1.82) is 0 Å². The third kappa shape index (κ3) is 12.8. The van der Waals surface area contributed by atoms with Gasteiger partial charge in [0.1, 0.15) is 11.8 Å². The van der Waals surface area contributed by atoms with Gasteiger partial charge < -0.3 is 35.0 Å². The summed E-state index contributed by atoms with van der Waals surface area (Å²) in [6.07, 6.45) is 1.26. The summed E-state index contributed by atoms with van der Waals surface area (Å²) in [7, 11) is 4.35. The van der Waals surface area contributed by atoms with Crippen molar-refractivity contribution in [3.63, 3.8) is 0 Å². The van der Waals surface area contributed by atoms with Crippen LogP contribution in [0.4, 0.5) is 0 Å². The Kier molecular flexibility index (Phi) is 17.8. The number of likely N-dealkylation sites (N-methyl/N-ethyl adjacent to an activating group) is 2. The van der Waals surface area contributed by atoms with Gasteiger partial charge >= 0.3 is 0 Å². The number of methoxy groups -OCH3 is 2. The van der Waals surface area contributed by atoms with Crippen LogP contribution in [-0.2, 0) is 49.9 Å². The summed E-state index contributed by atoms with van der Waals surface area (Å²) < 4.78 is 39.2. The van der Waals surface area contributed by atoms with Gasteiger partial charge in [-0.15, -0.1) is 0 Å². The maximum atomic E-state index is 14.1. The Bertz CT molecular complexity index is 1630. The van der Waals surface area contributed by atoms with Crippen molar-refractivity contribution >= 4 is 39.6 Å². The monoisotopic (exact) mass is 822 g/mol. The SMILES string of the molecule is CC[C@H](C)C([C@@H](CC(=O)N1CCC[C@H]1[C@H](OC)[C@@H](C)C(=O)N[C@@H](Cc1ccc(O)cc1)C(=O)NS(=O)(=O)C1CC1)OC)N(C)C(=O)CNC(=O)[C@H](C(C)C)N(C)C. The minimum atomic E-state index is -3.90. The Morgan fingerprint density at radius 3 is 2.09 bits per heavy atom. The average Bonchev–Trinajstić information content (AvgIpc) is 3.92. The Labute approximate surface area is 338 Å². The second-order valence-corrected chi connectivity index (χ2v) is 18.1. The Morgan fingerprint density at radius 2 is 1.56 bits per heavy atom. The van der Waals surface area contributed by atoms with E-state index in [2.05, 4.69) is 15.4 Å². The number of likely N-dealkylation sites (tertiary alicyclic amines) is 1. The molecule has 57 heavy (non-hydrogen) atoms. The molecule has 1 aliphatic heterocycles. The highest BCUT2D eigenvalue weighted by atomic mass is 32.2. The fourth-order valence-electron chi connectivity index (χ4n) is 7.90. The predicted octanol–water partition coefficient (Wildman–Crippen LogP) is 1.65. The summed E-state index contributed by atoms with van der Waals surface area (Å²) in [6, 6.07) is 3.39. The van der Waals surface area contributed by atoms with Crippen molar-refractivity contribution in [3.05, 3.63) is 29.8 Å². The number of carbonyl (C=O) groups is 5. The zero-order chi connectivity index (χ0) is 42.8. The van der Waals surface area contributed by atoms with E-state index in [1.54, 1.807) is 35.9 Å². The van der Waals surface area contributed by atoms with E-state index in [1.807, 2.05) is 46.7 Å². The van der Waals surface area contributed by atoms with Crippen LogP contribution < -0.4 is 15.4 Å². The minimum absolute atomic E-state index is 0.0148. The second kappa shape index (κ2) is 21.3. The van der Waals surface area contributed by atoms with Crippen LogP contribution in [0.3, 0.4) is 0 Å². The fourth-order valence-corrected chi connectivity index (χ4v) is 9.25. The summed E-state index contributed by atoms with van der Waals surface area (Å²) in [5.41, 5.74) is 0.588. The first-order chi connectivity index (χ1) is 26.8. The molecular formula is C40H66N6O10S. The molecule has 4 N–H and O–H groups in total. The minimum Gasteiger partial charge on any atom is -0.508 e. The third-order valence-electron chi connectivity index (χ3n) is 11.4. The normalized spacial score (nSPS) is 19.6. The van der Waals surface area contributed by atoms with Crippen LogP contribution in [-0.4, -0.2) is 148 Å². The number of carbonyl (C=O) groups excluding carboxylic acids is 5. The molecule has 322 valence electrons. The van der Waals surface area contributed by atoms with Crippen LogP contribution in [0.5, 0.6) is 5.75 Å². The molecule has 3 rings (SSSR count). The van der Waals surface area contributed by atoms with Crippen LogP contribution in [0, 0.1) is 17.8 Å². The van der Waals surface area contributed by atoms with Gasteiger partial charge in [0.25, 0.3) is 5.91 Å². The molecule has 1 unspecified atom stereocenters. The second-order valence-electron chi connectivity index (χ2n) is 16.2. The highest BCUT2D eigenvalue weighted by molar-refractivity contribution is 7.90. The summed E-state index contributed by atoms with van der Waals surface area (Å²) in [4.78, 5) is 72.9. The van der Waals surface area contributed by atoms with Crippen molar-refractivity contribution in [2.24, 2.45) is 17.8 Å². The lowest BCUT2D eigenvalue weighted by molar-refractivity contribution is -0.146. The molecule has 0 spiro atoms. The number of phenolic OH excluding ortho intramolecular Hbond substituents is 1. The smallest absolute Gasteiger partial charge is 0.256 e. The molecule has 1 aromatic rings. The van der Waals surface area contributed by atoms with Gasteiger partial charge in [-0.3, -0.25) is 33.6 Å². The molecule has 1 saturated heterocycles. The average molecular weight is 823 g/mol. The predicted molar refractivity (Wildman–Crippen MR) is 215 cm³/mol. The lowest BCUT2D eigenvalue weighted by Crippen LogP contribution is -2.56. The van der Waals surface area contributed by atoms with Crippen molar-refractivity contribution in [3.8, 4) is 5.75 Å². The molecule has 0 radical (unpaired) electrons. The lowest BCUT2D eigenvalue weighted by Gasteiger charge is -2.39. The topological polar surface area (TPSA) is 204 Å². The molecule has 1 aliphatic carbocycles. The van der Waals surface area contributed by atoms with Crippen LogP contribution in [0.1, 0.15) is 78.7 Å². The van der Waals surface area contributed by atoms with E-state index in [4.69, 9.17) is 9.47 Å². The summed E-state index contributed by atoms with van der Waals surface area (Å²) in [5.74, 6) is -3.11. The first-order valence-corrected chi connectivity index (χ1v) is 21.5. The van der Waals surface area contributed by atoms with Gasteiger partial charge in [0.05, 0.1) is 54.5 Å². The van der Waals surface area contributed by atoms with Crippen LogP contribution in [0.15, 0.2) is 24.3 Å². The Balaban J connectivity index is 1.75. The van der Waals surface area contributed by atoms with E-state index in [0.29, 0.717) is 44.2 Å². The van der Waals surface area contributed by atoms with Crippen LogP contribution >= 0.6 is 0 Å². The van der Waals surface area contributed by atoms with Gasteiger partial charge in [-0.1, -0.05) is 53.2 Å². The van der Waals surface area contributed by atoms with Gasteiger partial charge in [0.2, 0.25) is 33.7 Å². The number of sulfonamides is 1. The molecule has 1 heterocycles. The van der Waals surface area contributed by atoms with Gasteiger partial charge in [0.15, 0.2) is 0 Å². The molecule has 8 atom stereocenters. The van der Waals surface area contributed by atoms with Gasteiger partial charge in [0, 0.05) is 34.2 Å². The molecule has 2 fully saturated rings. The van der Waals surface area contributed by atoms with Gasteiger partial charge in [-0.05, 0) is 69.3 Å². The van der Waals surface area contributed by atoms with E-state index in [1.165, 1.54) is 26.4 Å². The van der Waals surface area contributed by atoms with Crippen molar-refractivity contribution in [1.82, 2.24) is 30.1 Å². The fraction of sp³-hybridized carbons (Fsp3) is 0.725.